The fraction of sp³-hybridized carbons (Fsp3) is 0.500. The Balaban J connectivity index is 2.31. The number of piperidine rings is 1. The first-order valence-corrected chi connectivity index (χ1v) is 8.03. The van der Waals surface area contributed by atoms with E-state index >= 15 is 0 Å². The van der Waals surface area contributed by atoms with E-state index in [1.807, 2.05) is 11.9 Å². The van der Waals surface area contributed by atoms with Gasteiger partial charge in [-0.05, 0) is 38.6 Å². The first kappa shape index (κ1) is 15.7. The number of nitrogens with zero attached hydrogens (tertiary/aromatic N) is 2. The number of hydrogen-bond donors (Lipinski definition) is 2. The van der Waals surface area contributed by atoms with E-state index in [-0.39, 0.29) is 16.6 Å². The maximum atomic E-state index is 12.4. The van der Waals surface area contributed by atoms with Gasteiger partial charge in [0.05, 0.1) is 4.92 Å². The quantitative estimate of drug-likeness (QED) is 0.476. The molecule has 2 rings (SSSR count). The third-order valence-electron chi connectivity index (χ3n) is 3.42. The Morgan fingerprint density at radius 1 is 1.48 bits per heavy atom. The number of nitrogens with one attached hydrogen (secondary N) is 1. The van der Waals surface area contributed by atoms with Crippen LogP contribution in [0.15, 0.2) is 23.1 Å². The number of rotatable bonds is 4. The summed E-state index contributed by atoms with van der Waals surface area (Å²) in [5.41, 5.74) is 5.25. The lowest BCUT2D eigenvalue weighted by molar-refractivity contribution is -0.387. The Morgan fingerprint density at radius 2 is 2.19 bits per heavy atom. The molecule has 0 saturated carbocycles. The average Bonchev–Trinajstić information content (AvgIpc) is 2.37. The molecule has 9 heteroatoms. The van der Waals surface area contributed by atoms with Crippen molar-refractivity contribution in [2.24, 2.45) is 0 Å². The molecule has 1 aromatic rings. The highest BCUT2D eigenvalue weighted by molar-refractivity contribution is 7.89. The van der Waals surface area contributed by atoms with Crippen molar-refractivity contribution in [1.82, 2.24) is 9.62 Å². The molecule has 1 heterocycles. The molecule has 0 aliphatic carbocycles. The smallest absolute Gasteiger partial charge is 0.289 e. The predicted octanol–water partition coefficient (Wildman–Crippen LogP) is 0.550. The molecule has 0 radical (unpaired) electrons. The molecule has 0 spiro atoms. The maximum Gasteiger partial charge on any atom is 0.289 e. The second-order valence-corrected chi connectivity index (χ2v) is 6.89. The second kappa shape index (κ2) is 5.96. The van der Waals surface area contributed by atoms with Gasteiger partial charge in [-0.3, -0.25) is 10.1 Å². The Labute approximate surface area is 123 Å². The highest BCUT2D eigenvalue weighted by Gasteiger charge is 2.29. The summed E-state index contributed by atoms with van der Waals surface area (Å²) in [6.45, 7) is 1.49. The number of likely N-dealkylation sites (N-methyl/N-ethyl adjacent to an activating group) is 1. The van der Waals surface area contributed by atoms with Crippen molar-refractivity contribution in [3.05, 3.63) is 28.3 Å². The molecule has 1 aliphatic rings. The summed E-state index contributed by atoms with van der Waals surface area (Å²) in [7, 11) is -2.07. The lowest BCUT2D eigenvalue weighted by atomic mass is 10.1. The monoisotopic (exact) mass is 314 g/mol. The van der Waals surface area contributed by atoms with Gasteiger partial charge < -0.3 is 10.6 Å². The van der Waals surface area contributed by atoms with Crippen LogP contribution in [0.4, 0.5) is 11.4 Å². The highest BCUT2D eigenvalue weighted by Crippen LogP contribution is 2.26. The number of nitro groups is 1. The second-order valence-electron chi connectivity index (χ2n) is 5.21. The van der Waals surface area contributed by atoms with Gasteiger partial charge in [0.25, 0.3) is 5.69 Å². The lowest BCUT2D eigenvalue weighted by Crippen LogP contribution is -2.46. The first-order valence-electron chi connectivity index (χ1n) is 6.54. The van der Waals surface area contributed by atoms with Crippen molar-refractivity contribution in [1.29, 1.82) is 0 Å². The number of hydrogen-bond acceptors (Lipinski definition) is 6. The topological polar surface area (TPSA) is 119 Å². The largest absolute Gasteiger partial charge is 0.399 e. The molecule has 1 aliphatic heterocycles. The molecular formula is C12H18N4O4S. The zero-order valence-electron chi connectivity index (χ0n) is 11.7. The van der Waals surface area contributed by atoms with Crippen LogP contribution in [0, 0.1) is 10.1 Å². The number of nitrogens with two attached hydrogens (primary N) is 1. The molecule has 0 amide bonds. The van der Waals surface area contributed by atoms with Crippen LogP contribution >= 0.6 is 0 Å². The highest BCUT2D eigenvalue weighted by atomic mass is 32.2. The van der Waals surface area contributed by atoms with Gasteiger partial charge in [0.1, 0.15) is 0 Å². The summed E-state index contributed by atoms with van der Waals surface area (Å²) < 4.78 is 27.3. The summed E-state index contributed by atoms with van der Waals surface area (Å²) >= 11 is 0. The minimum atomic E-state index is -3.98. The van der Waals surface area contributed by atoms with Gasteiger partial charge in [0.2, 0.25) is 10.0 Å². The van der Waals surface area contributed by atoms with Crippen molar-refractivity contribution in [2.75, 3.05) is 25.9 Å². The lowest BCUT2D eigenvalue weighted by Gasteiger charge is -2.29. The molecule has 1 saturated heterocycles. The number of likely N-dealkylation sites (tertiary alicyclic amines) is 1. The van der Waals surface area contributed by atoms with Crippen molar-refractivity contribution in [3.63, 3.8) is 0 Å². The Bertz CT molecular complexity index is 647. The molecule has 0 aromatic heterocycles. The van der Waals surface area contributed by atoms with E-state index < -0.39 is 20.6 Å². The van der Waals surface area contributed by atoms with E-state index in [2.05, 4.69) is 4.72 Å². The van der Waals surface area contributed by atoms with E-state index in [0.29, 0.717) is 13.0 Å². The van der Waals surface area contributed by atoms with Crippen LogP contribution in [-0.4, -0.2) is 44.4 Å². The van der Waals surface area contributed by atoms with Crippen LogP contribution in [-0.2, 0) is 10.0 Å². The fourth-order valence-electron chi connectivity index (χ4n) is 2.44. The fourth-order valence-corrected chi connectivity index (χ4v) is 3.91. The average molecular weight is 314 g/mol. The third-order valence-corrected chi connectivity index (χ3v) is 4.97. The molecule has 1 aromatic carbocycles. The van der Waals surface area contributed by atoms with Crippen LogP contribution in [0.25, 0.3) is 0 Å². The Hall–Kier alpha value is -1.71. The summed E-state index contributed by atoms with van der Waals surface area (Å²) in [5, 5.41) is 11.0. The first-order chi connectivity index (χ1) is 9.79. The van der Waals surface area contributed by atoms with E-state index in [0.717, 1.165) is 25.1 Å². The van der Waals surface area contributed by atoms with E-state index in [9.17, 15) is 18.5 Å². The molecule has 1 fully saturated rings. The molecule has 3 N–H and O–H groups in total. The van der Waals surface area contributed by atoms with Gasteiger partial charge >= 0.3 is 0 Å². The van der Waals surface area contributed by atoms with Crippen LogP contribution < -0.4 is 10.5 Å². The standard InChI is InChI=1S/C12H18N4O4S/c1-15-6-2-3-10(8-15)14-21(19,20)12-7-9(13)4-5-11(12)16(17)18/h4-5,7,10,14H,2-3,6,8,13H2,1H3. The molecule has 1 unspecified atom stereocenters. The van der Waals surface area contributed by atoms with Crippen molar-refractivity contribution >= 4 is 21.4 Å². The normalized spacial score (nSPS) is 20.3. The number of benzene rings is 1. The van der Waals surface area contributed by atoms with E-state index in [4.69, 9.17) is 5.73 Å². The molecule has 1 atom stereocenters. The van der Waals surface area contributed by atoms with Crippen LogP contribution in [0.2, 0.25) is 0 Å². The van der Waals surface area contributed by atoms with Gasteiger partial charge in [-0.2, -0.15) is 0 Å². The number of nitro benzene ring substituents is 1. The van der Waals surface area contributed by atoms with Crippen LogP contribution in [0.1, 0.15) is 12.8 Å². The number of nitrogen functional groups attached to an aromatic ring is 1. The van der Waals surface area contributed by atoms with Gasteiger partial charge in [-0.1, -0.05) is 0 Å². The summed E-state index contributed by atoms with van der Waals surface area (Å²) in [6.07, 6.45) is 1.59. The zero-order chi connectivity index (χ0) is 15.6. The molecule has 116 valence electrons. The van der Waals surface area contributed by atoms with E-state index in [1.165, 1.54) is 6.07 Å². The summed E-state index contributed by atoms with van der Waals surface area (Å²) in [4.78, 5) is 11.9. The van der Waals surface area contributed by atoms with Crippen molar-refractivity contribution in [3.8, 4) is 0 Å². The number of anilines is 1. The van der Waals surface area contributed by atoms with Crippen molar-refractivity contribution in [2.45, 2.75) is 23.8 Å². The Morgan fingerprint density at radius 3 is 2.81 bits per heavy atom. The third kappa shape index (κ3) is 3.69. The minimum absolute atomic E-state index is 0.168. The number of sulfonamides is 1. The minimum Gasteiger partial charge on any atom is -0.399 e. The van der Waals surface area contributed by atoms with E-state index in [1.54, 1.807) is 0 Å². The summed E-state index contributed by atoms with van der Waals surface area (Å²) in [6, 6.07) is 3.28. The van der Waals surface area contributed by atoms with Crippen LogP contribution in [0.3, 0.4) is 0 Å². The van der Waals surface area contributed by atoms with Gasteiger partial charge in [-0.15, -0.1) is 0 Å². The molecule has 21 heavy (non-hydrogen) atoms. The van der Waals surface area contributed by atoms with Crippen molar-refractivity contribution < 1.29 is 13.3 Å². The maximum absolute atomic E-state index is 12.4. The van der Waals surface area contributed by atoms with Crippen LogP contribution in [0.5, 0.6) is 0 Å². The van der Waals surface area contributed by atoms with Gasteiger partial charge in [-0.25, -0.2) is 13.1 Å². The Kier molecular flexibility index (Phi) is 4.45. The molecule has 8 nitrogen and oxygen atoms in total. The SMILES string of the molecule is CN1CCCC(NS(=O)(=O)c2cc(N)ccc2[N+](=O)[O-])C1. The molecule has 0 bridgehead atoms. The van der Waals surface area contributed by atoms with Gasteiger partial charge in [0.15, 0.2) is 4.90 Å². The molecular weight excluding hydrogens is 296 g/mol. The summed E-state index contributed by atoms with van der Waals surface area (Å²) in [5.74, 6) is 0. The predicted molar refractivity (Wildman–Crippen MR) is 78.3 cm³/mol. The van der Waals surface area contributed by atoms with Gasteiger partial charge in [0, 0.05) is 24.3 Å². The zero-order valence-corrected chi connectivity index (χ0v) is 12.5.